The molecule has 0 saturated carbocycles. The Hall–Kier alpha value is -2.83. The molecule has 1 amide bonds. The van der Waals surface area contributed by atoms with Crippen molar-refractivity contribution < 1.29 is 19.8 Å². The van der Waals surface area contributed by atoms with E-state index in [0.717, 1.165) is 34.7 Å². The Morgan fingerprint density at radius 1 is 1.13 bits per heavy atom. The number of carboxylic acid groups (broad SMARTS) is 1. The van der Waals surface area contributed by atoms with Crippen LogP contribution in [0.3, 0.4) is 0 Å². The molecule has 0 spiro atoms. The van der Waals surface area contributed by atoms with Gasteiger partial charge in [-0.15, -0.1) is 0 Å². The highest BCUT2D eigenvalue weighted by molar-refractivity contribution is 6.35. The maximum absolute atomic E-state index is 12.7. The normalized spacial score (nSPS) is 11.5. The number of carbonyl (C=O) groups excluding carboxylic acids is 1. The minimum absolute atomic E-state index is 0.187. The van der Waals surface area contributed by atoms with Crippen molar-refractivity contribution in [1.82, 2.24) is 9.88 Å². The van der Waals surface area contributed by atoms with Crippen LogP contribution in [0.25, 0.3) is 10.9 Å². The Labute approximate surface area is 181 Å². The molecular weight excluding hydrogens is 404 g/mol. The van der Waals surface area contributed by atoms with E-state index in [1.807, 2.05) is 61.9 Å². The van der Waals surface area contributed by atoms with Crippen LogP contribution in [0.2, 0.25) is 5.02 Å². The van der Waals surface area contributed by atoms with Gasteiger partial charge in [-0.25, -0.2) is 0 Å². The quantitative estimate of drug-likeness (QED) is 0.545. The molecule has 0 radical (unpaired) electrons. The summed E-state index contributed by atoms with van der Waals surface area (Å²) in [6, 6.07) is 13.0. The van der Waals surface area contributed by atoms with Gasteiger partial charge in [-0.2, -0.15) is 0 Å². The van der Waals surface area contributed by atoms with Gasteiger partial charge < -0.3 is 20.1 Å². The molecule has 1 atom stereocenters. The molecule has 1 unspecified atom stereocenters. The summed E-state index contributed by atoms with van der Waals surface area (Å²) in [6.07, 6.45) is 0.536. The average molecular weight is 431 g/mol. The fourth-order valence-electron chi connectivity index (χ4n) is 3.43. The minimum atomic E-state index is -0.826. The standard InChI is InChI=1S/C22H23ClN2O3.CH4O/c1-4-16(22(27)28)15-7-5-14(6-8-15)12-24-21(26)20-11-17-18(23)9-13(2)10-19(17)25(20)3;1-2/h5-11,16H,4,12H2,1-3H3,(H,24,26)(H,27,28);2H,1H3. The molecular formula is C23H27ClN2O4. The van der Waals surface area contributed by atoms with Gasteiger partial charge in [0, 0.05) is 26.1 Å². The number of hydrogen-bond acceptors (Lipinski definition) is 3. The zero-order valence-corrected chi connectivity index (χ0v) is 18.3. The number of amides is 1. The molecule has 3 N–H and O–H groups in total. The van der Waals surface area contributed by atoms with Crippen molar-refractivity contribution in [2.45, 2.75) is 32.7 Å². The lowest BCUT2D eigenvalue weighted by atomic mass is 9.96. The lowest BCUT2D eigenvalue weighted by molar-refractivity contribution is -0.138. The van der Waals surface area contributed by atoms with E-state index in [9.17, 15) is 14.7 Å². The Kier molecular flexibility index (Phi) is 8.03. The second-order valence-electron chi connectivity index (χ2n) is 6.99. The fourth-order valence-corrected chi connectivity index (χ4v) is 3.75. The smallest absolute Gasteiger partial charge is 0.310 e. The van der Waals surface area contributed by atoms with Crippen molar-refractivity contribution in [2.75, 3.05) is 7.11 Å². The van der Waals surface area contributed by atoms with E-state index < -0.39 is 11.9 Å². The zero-order chi connectivity index (χ0) is 22.4. The van der Waals surface area contributed by atoms with Gasteiger partial charge >= 0.3 is 5.97 Å². The number of nitrogens with zero attached hydrogens (tertiary/aromatic N) is 1. The third-order valence-electron chi connectivity index (χ3n) is 5.03. The maximum atomic E-state index is 12.7. The minimum Gasteiger partial charge on any atom is -0.481 e. The Bertz CT molecular complexity index is 1040. The summed E-state index contributed by atoms with van der Waals surface area (Å²) in [5, 5.41) is 20.6. The summed E-state index contributed by atoms with van der Waals surface area (Å²) >= 11 is 6.31. The summed E-state index contributed by atoms with van der Waals surface area (Å²) in [4.78, 5) is 23.9. The van der Waals surface area contributed by atoms with Gasteiger partial charge in [-0.05, 0) is 48.2 Å². The number of aliphatic carboxylic acids is 1. The Morgan fingerprint density at radius 2 is 1.77 bits per heavy atom. The number of aliphatic hydroxyl groups excluding tert-OH is 1. The van der Waals surface area contributed by atoms with Crippen LogP contribution in [0.5, 0.6) is 0 Å². The molecule has 30 heavy (non-hydrogen) atoms. The van der Waals surface area contributed by atoms with Crippen LogP contribution in [-0.4, -0.2) is 33.8 Å². The van der Waals surface area contributed by atoms with Crippen LogP contribution in [0, 0.1) is 6.92 Å². The number of carbonyl (C=O) groups is 2. The third-order valence-corrected chi connectivity index (χ3v) is 5.34. The van der Waals surface area contributed by atoms with Gasteiger partial charge in [-0.3, -0.25) is 9.59 Å². The second kappa shape index (κ2) is 10.3. The van der Waals surface area contributed by atoms with Gasteiger partial charge in [-0.1, -0.05) is 42.8 Å². The van der Waals surface area contributed by atoms with Crippen molar-refractivity contribution in [3.63, 3.8) is 0 Å². The molecule has 0 bridgehead atoms. The first-order valence-corrected chi connectivity index (χ1v) is 9.99. The van der Waals surface area contributed by atoms with E-state index >= 15 is 0 Å². The van der Waals surface area contributed by atoms with E-state index in [1.165, 1.54) is 0 Å². The van der Waals surface area contributed by atoms with Crippen LogP contribution >= 0.6 is 11.6 Å². The molecule has 0 saturated heterocycles. The van der Waals surface area contributed by atoms with E-state index in [4.69, 9.17) is 16.7 Å². The van der Waals surface area contributed by atoms with E-state index in [-0.39, 0.29) is 5.91 Å². The molecule has 6 nitrogen and oxygen atoms in total. The summed E-state index contributed by atoms with van der Waals surface area (Å²) in [5.74, 6) is -1.52. The van der Waals surface area contributed by atoms with Gasteiger partial charge in [0.25, 0.3) is 5.91 Å². The first kappa shape index (κ1) is 23.4. The topological polar surface area (TPSA) is 91.6 Å². The number of halogens is 1. The molecule has 1 heterocycles. The monoisotopic (exact) mass is 430 g/mol. The molecule has 2 aromatic carbocycles. The average Bonchev–Trinajstić information content (AvgIpc) is 3.06. The first-order valence-electron chi connectivity index (χ1n) is 9.62. The van der Waals surface area contributed by atoms with Crippen molar-refractivity contribution in [3.05, 3.63) is 69.9 Å². The van der Waals surface area contributed by atoms with Crippen molar-refractivity contribution >= 4 is 34.4 Å². The molecule has 0 fully saturated rings. The Morgan fingerprint density at radius 3 is 2.33 bits per heavy atom. The number of hydrogen-bond donors (Lipinski definition) is 3. The number of fused-ring (bicyclic) bond motifs is 1. The van der Waals surface area contributed by atoms with Crippen molar-refractivity contribution in [1.29, 1.82) is 0 Å². The summed E-state index contributed by atoms with van der Waals surface area (Å²) in [5.41, 5.74) is 4.17. The largest absolute Gasteiger partial charge is 0.481 e. The second-order valence-corrected chi connectivity index (χ2v) is 7.40. The molecule has 3 rings (SSSR count). The molecule has 0 aliphatic carbocycles. The van der Waals surface area contributed by atoms with Gasteiger partial charge in [0.15, 0.2) is 0 Å². The van der Waals surface area contributed by atoms with Crippen molar-refractivity contribution in [2.24, 2.45) is 7.05 Å². The van der Waals surface area contributed by atoms with Crippen LogP contribution in [0.4, 0.5) is 0 Å². The molecule has 7 heteroatoms. The van der Waals surface area contributed by atoms with Crippen LogP contribution in [0.1, 0.15) is 46.4 Å². The molecule has 3 aromatic rings. The van der Waals surface area contributed by atoms with Gasteiger partial charge in [0.2, 0.25) is 0 Å². The highest BCUT2D eigenvalue weighted by Crippen LogP contribution is 2.28. The number of aryl methyl sites for hydroxylation is 2. The summed E-state index contributed by atoms with van der Waals surface area (Å²) < 4.78 is 1.84. The molecule has 0 aliphatic rings. The van der Waals surface area contributed by atoms with Crippen molar-refractivity contribution in [3.8, 4) is 0 Å². The zero-order valence-electron chi connectivity index (χ0n) is 17.6. The number of nitrogens with one attached hydrogen (secondary N) is 1. The highest BCUT2D eigenvalue weighted by Gasteiger charge is 2.18. The number of benzene rings is 2. The van der Waals surface area contributed by atoms with Gasteiger partial charge in [0.1, 0.15) is 5.69 Å². The van der Waals surface area contributed by atoms with Crippen LogP contribution in [-0.2, 0) is 18.4 Å². The van der Waals surface area contributed by atoms with Crippen LogP contribution in [0.15, 0.2) is 42.5 Å². The predicted molar refractivity (Wildman–Crippen MR) is 119 cm³/mol. The van der Waals surface area contributed by atoms with E-state index in [2.05, 4.69) is 5.32 Å². The first-order chi connectivity index (χ1) is 14.3. The number of aliphatic hydroxyl groups is 1. The fraction of sp³-hybridized carbons (Fsp3) is 0.304. The lowest BCUT2D eigenvalue weighted by Gasteiger charge is -2.11. The Balaban J connectivity index is 0.00000155. The summed E-state index contributed by atoms with van der Waals surface area (Å²) in [7, 11) is 2.85. The van der Waals surface area contributed by atoms with E-state index in [1.54, 1.807) is 6.07 Å². The summed E-state index contributed by atoms with van der Waals surface area (Å²) in [6.45, 7) is 4.18. The van der Waals surface area contributed by atoms with E-state index in [0.29, 0.717) is 23.7 Å². The molecule has 160 valence electrons. The number of rotatable bonds is 6. The lowest BCUT2D eigenvalue weighted by Crippen LogP contribution is -2.24. The maximum Gasteiger partial charge on any atom is 0.310 e. The van der Waals surface area contributed by atoms with Crippen LogP contribution < -0.4 is 5.32 Å². The van der Waals surface area contributed by atoms with Gasteiger partial charge in [0.05, 0.1) is 16.5 Å². The third kappa shape index (κ3) is 5.01. The predicted octanol–water partition coefficient (Wildman–Crippen LogP) is 4.26. The number of aromatic nitrogens is 1. The number of carboxylic acids is 1. The highest BCUT2D eigenvalue weighted by atomic mass is 35.5. The SMILES string of the molecule is CCC(C(=O)O)c1ccc(CNC(=O)c2cc3c(Cl)cc(C)cc3n2C)cc1.CO. The molecule has 0 aliphatic heterocycles. The molecule has 1 aromatic heterocycles.